The summed E-state index contributed by atoms with van der Waals surface area (Å²) in [6.45, 7) is 0.813. The van der Waals surface area contributed by atoms with E-state index < -0.39 is 0 Å². The van der Waals surface area contributed by atoms with Crippen molar-refractivity contribution < 1.29 is 4.79 Å². The van der Waals surface area contributed by atoms with E-state index in [2.05, 4.69) is 15.7 Å². The van der Waals surface area contributed by atoms with Crippen LogP contribution in [0.4, 0.5) is 11.4 Å². The van der Waals surface area contributed by atoms with Crippen molar-refractivity contribution in [3.8, 4) is 6.07 Å². The van der Waals surface area contributed by atoms with E-state index >= 15 is 0 Å². The molecular formula is C21H21ClN4OS. The Morgan fingerprint density at radius 2 is 2.18 bits per heavy atom. The Balaban J connectivity index is 2.05. The number of nitrogens with zero attached hydrogens (tertiary/aromatic N) is 3. The van der Waals surface area contributed by atoms with E-state index in [-0.39, 0.29) is 0 Å². The van der Waals surface area contributed by atoms with Crippen molar-refractivity contribution in [1.82, 2.24) is 5.32 Å². The van der Waals surface area contributed by atoms with Gasteiger partial charge in [0.15, 0.2) is 6.29 Å². The highest BCUT2D eigenvalue weighted by molar-refractivity contribution is 8.00. The van der Waals surface area contributed by atoms with E-state index in [1.807, 2.05) is 43.3 Å². The van der Waals surface area contributed by atoms with Crippen LogP contribution in [0.25, 0.3) is 5.03 Å². The number of nitriles is 1. The number of carbonyl (C=O) groups excluding carboxylic acids is 1. The lowest BCUT2D eigenvalue weighted by molar-refractivity contribution is 0.112. The molecule has 2 aromatic rings. The largest absolute Gasteiger partial charge is 0.393 e. The zero-order valence-corrected chi connectivity index (χ0v) is 17.6. The van der Waals surface area contributed by atoms with Crippen LogP contribution in [0.1, 0.15) is 27.0 Å². The molecule has 144 valence electrons. The topological polar surface area (TPSA) is 59.4 Å². The Morgan fingerprint density at radius 1 is 1.39 bits per heavy atom. The Hall–Kier alpha value is -2.62. The first-order chi connectivity index (χ1) is 13.5. The van der Waals surface area contributed by atoms with Gasteiger partial charge in [0.25, 0.3) is 0 Å². The van der Waals surface area contributed by atoms with Gasteiger partial charge in [0.05, 0.1) is 22.4 Å². The molecule has 1 aliphatic rings. The summed E-state index contributed by atoms with van der Waals surface area (Å²) in [5, 5.41) is 12.8. The molecule has 0 bridgehead atoms. The van der Waals surface area contributed by atoms with Gasteiger partial charge in [-0.3, -0.25) is 4.79 Å². The monoisotopic (exact) mass is 412 g/mol. The summed E-state index contributed by atoms with van der Waals surface area (Å²) in [4.78, 5) is 14.5. The van der Waals surface area contributed by atoms with E-state index in [4.69, 9.17) is 11.6 Å². The third-order valence-electron chi connectivity index (χ3n) is 4.55. The van der Waals surface area contributed by atoms with Gasteiger partial charge in [-0.15, -0.1) is 0 Å². The van der Waals surface area contributed by atoms with Crippen molar-refractivity contribution in [2.75, 3.05) is 36.9 Å². The number of hydrogen-bond acceptors (Lipinski definition) is 6. The lowest BCUT2D eigenvalue weighted by Gasteiger charge is -2.22. The van der Waals surface area contributed by atoms with Gasteiger partial charge < -0.3 is 14.5 Å². The molecule has 2 aromatic carbocycles. The predicted octanol–water partition coefficient (Wildman–Crippen LogP) is 4.26. The average molecular weight is 413 g/mol. The highest BCUT2D eigenvalue weighted by Gasteiger charge is 2.26. The van der Waals surface area contributed by atoms with E-state index in [1.165, 1.54) is 17.5 Å². The summed E-state index contributed by atoms with van der Waals surface area (Å²) in [6.07, 6.45) is 3.38. The maximum Gasteiger partial charge on any atom is 0.150 e. The van der Waals surface area contributed by atoms with Crippen molar-refractivity contribution in [3.63, 3.8) is 0 Å². The van der Waals surface area contributed by atoms with Gasteiger partial charge in [-0.25, -0.2) is 0 Å². The standard InChI is InChI=1S/C21H21ClN4OS/c1-24-12-17(22)21-15(13-27)5-4-6-20(21)28-26-8-7-16-18(25(2)3)9-14(11-23)10-19(16)26/h4-6,9-10,12-13,24H,7-8H2,1-3H3/b17-12+. The first kappa shape index (κ1) is 20.1. The van der Waals surface area contributed by atoms with E-state index in [0.717, 1.165) is 35.5 Å². The van der Waals surface area contributed by atoms with Gasteiger partial charge in [0, 0.05) is 61.2 Å². The molecule has 0 radical (unpaired) electrons. The lowest BCUT2D eigenvalue weighted by Crippen LogP contribution is -2.12. The van der Waals surface area contributed by atoms with Crippen LogP contribution in [-0.4, -0.2) is 34.0 Å². The molecule has 0 amide bonds. The fourth-order valence-electron chi connectivity index (χ4n) is 3.31. The molecule has 0 fully saturated rings. The molecule has 1 aliphatic heterocycles. The highest BCUT2D eigenvalue weighted by Crippen LogP contribution is 2.43. The second-order valence-corrected chi connectivity index (χ2v) is 8.03. The molecule has 0 saturated carbocycles. The number of rotatable bonds is 6. The number of fused-ring (bicyclic) bond motifs is 1. The zero-order valence-electron chi connectivity index (χ0n) is 16.0. The Labute approximate surface area is 174 Å². The highest BCUT2D eigenvalue weighted by atomic mass is 35.5. The van der Waals surface area contributed by atoms with Crippen molar-refractivity contribution >= 4 is 46.2 Å². The fraction of sp³-hybridized carbons (Fsp3) is 0.238. The molecule has 1 N–H and O–H groups in total. The first-order valence-corrected chi connectivity index (χ1v) is 9.96. The summed E-state index contributed by atoms with van der Waals surface area (Å²) in [7, 11) is 5.74. The van der Waals surface area contributed by atoms with Crippen molar-refractivity contribution in [1.29, 1.82) is 5.26 Å². The number of carbonyl (C=O) groups is 1. The number of halogens is 1. The Kier molecular flexibility index (Phi) is 6.18. The van der Waals surface area contributed by atoms with Gasteiger partial charge in [-0.1, -0.05) is 23.7 Å². The zero-order chi connectivity index (χ0) is 20.3. The maximum absolute atomic E-state index is 11.6. The molecule has 0 saturated heterocycles. The normalized spacial score (nSPS) is 13.1. The number of anilines is 2. The smallest absolute Gasteiger partial charge is 0.150 e. The summed E-state index contributed by atoms with van der Waals surface area (Å²) < 4.78 is 2.17. The van der Waals surface area contributed by atoms with Crippen molar-refractivity contribution in [2.24, 2.45) is 0 Å². The van der Waals surface area contributed by atoms with Gasteiger partial charge in [0.1, 0.15) is 0 Å². The first-order valence-electron chi connectivity index (χ1n) is 8.81. The predicted molar refractivity (Wildman–Crippen MR) is 117 cm³/mol. The van der Waals surface area contributed by atoms with Crippen LogP contribution >= 0.6 is 23.5 Å². The van der Waals surface area contributed by atoms with Crippen LogP contribution in [-0.2, 0) is 6.42 Å². The maximum atomic E-state index is 11.6. The van der Waals surface area contributed by atoms with Crippen LogP contribution < -0.4 is 14.5 Å². The quantitative estimate of drug-likeness (QED) is 0.565. The van der Waals surface area contributed by atoms with Crippen LogP contribution in [0.15, 0.2) is 41.4 Å². The third-order valence-corrected chi connectivity index (χ3v) is 5.99. The SMILES string of the molecule is CN/C=C(/Cl)c1c(C=O)cccc1SN1CCc2c(N(C)C)cc(C#N)cc21. The number of nitrogens with one attached hydrogen (secondary N) is 1. The van der Waals surface area contributed by atoms with Crippen molar-refractivity contribution in [2.45, 2.75) is 11.3 Å². The summed E-state index contributed by atoms with van der Waals surface area (Å²) >= 11 is 7.99. The molecule has 3 rings (SSSR count). The summed E-state index contributed by atoms with van der Waals surface area (Å²) in [6, 6.07) is 11.7. The molecular weight excluding hydrogens is 392 g/mol. The Bertz CT molecular complexity index is 981. The Morgan fingerprint density at radius 3 is 2.82 bits per heavy atom. The molecule has 5 nitrogen and oxygen atoms in total. The third kappa shape index (κ3) is 3.82. The van der Waals surface area contributed by atoms with Gasteiger partial charge in [-0.2, -0.15) is 5.26 Å². The number of aldehydes is 1. The minimum atomic E-state index is 0.479. The van der Waals surface area contributed by atoms with Gasteiger partial charge in [0.2, 0.25) is 0 Å². The molecule has 1 heterocycles. The van der Waals surface area contributed by atoms with Gasteiger partial charge >= 0.3 is 0 Å². The molecule has 0 unspecified atom stereocenters. The lowest BCUT2D eigenvalue weighted by atomic mass is 10.1. The molecule has 0 aliphatic carbocycles. The molecule has 28 heavy (non-hydrogen) atoms. The minimum Gasteiger partial charge on any atom is -0.393 e. The minimum absolute atomic E-state index is 0.479. The molecule has 0 aromatic heterocycles. The van der Waals surface area contributed by atoms with Crippen LogP contribution in [0, 0.1) is 11.3 Å². The number of benzene rings is 2. The molecule has 7 heteroatoms. The van der Waals surface area contributed by atoms with Crippen LogP contribution in [0.2, 0.25) is 0 Å². The van der Waals surface area contributed by atoms with Crippen LogP contribution in [0.5, 0.6) is 0 Å². The summed E-state index contributed by atoms with van der Waals surface area (Å²) in [5.74, 6) is 0. The molecule has 0 spiro atoms. The number of hydrogen-bond donors (Lipinski definition) is 1. The second kappa shape index (κ2) is 8.59. The van der Waals surface area contributed by atoms with Crippen LogP contribution in [0.3, 0.4) is 0 Å². The fourth-order valence-corrected chi connectivity index (χ4v) is 4.82. The van der Waals surface area contributed by atoms with E-state index in [1.54, 1.807) is 19.3 Å². The van der Waals surface area contributed by atoms with Gasteiger partial charge in [-0.05, 0) is 36.6 Å². The summed E-state index contributed by atoms with van der Waals surface area (Å²) in [5.41, 5.74) is 5.19. The second-order valence-electron chi connectivity index (χ2n) is 6.56. The average Bonchev–Trinajstić information content (AvgIpc) is 3.09. The van der Waals surface area contributed by atoms with Crippen molar-refractivity contribution in [3.05, 3.63) is 58.8 Å². The van der Waals surface area contributed by atoms with E-state index in [0.29, 0.717) is 21.7 Å². The van der Waals surface area contributed by atoms with E-state index in [9.17, 15) is 10.1 Å². The molecule has 0 atom stereocenters.